The van der Waals surface area contributed by atoms with Gasteiger partial charge in [-0.1, -0.05) is 35.4 Å². The molecule has 1 heterocycles. The molecule has 4 nitrogen and oxygen atoms in total. The number of carbonyl (C=O) groups excluding carboxylic acids is 1. The maximum Gasteiger partial charge on any atom is 0.331 e. The lowest BCUT2D eigenvalue weighted by molar-refractivity contribution is -0.138. The van der Waals surface area contributed by atoms with E-state index in [0.717, 1.165) is 28.0 Å². The van der Waals surface area contributed by atoms with Crippen LogP contribution in [0.5, 0.6) is 11.5 Å². The summed E-state index contributed by atoms with van der Waals surface area (Å²) in [5.41, 5.74) is 4.17. The van der Waals surface area contributed by atoms with Crippen LogP contribution in [0.2, 0.25) is 0 Å². The van der Waals surface area contributed by atoms with Gasteiger partial charge >= 0.3 is 5.97 Å². The minimum absolute atomic E-state index is 0.237. The van der Waals surface area contributed by atoms with Gasteiger partial charge in [-0.05, 0) is 43.2 Å². The van der Waals surface area contributed by atoms with Crippen LogP contribution in [0.3, 0.4) is 0 Å². The topological polar surface area (TPSA) is 44.8 Å². The molecule has 118 valence electrons. The van der Waals surface area contributed by atoms with Gasteiger partial charge in [-0.25, -0.2) is 4.79 Å². The molecule has 4 heteroatoms. The standard InChI is InChI=1S/C19H18O4/c1-13-7-14(2)9-16(8-13)11-21-19(20)6-4-15-3-5-17-18(10-15)23-12-22-17/h3-10H,11-12H2,1-2H3/b6-4+. The summed E-state index contributed by atoms with van der Waals surface area (Å²) < 4.78 is 15.8. The van der Waals surface area contributed by atoms with Crippen LogP contribution in [0.1, 0.15) is 22.3 Å². The van der Waals surface area contributed by atoms with Crippen LogP contribution < -0.4 is 9.47 Å². The van der Waals surface area contributed by atoms with E-state index in [1.54, 1.807) is 6.08 Å². The van der Waals surface area contributed by atoms with Crippen molar-refractivity contribution >= 4 is 12.0 Å². The Balaban J connectivity index is 1.58. The van der Waals surface area contributed by atoms with E-state index in [0.29, 0.717) is 5.75 Å². The van der Waals surface area contributed by atoms with Crippen molar-refractivity contribution in [2.24, 2.45) is 0 Å². The zero-order valence-electron chi connectivity index (χ0n) is 13.2. The second-order valence-electron chi connectivity index (χ2n) is 5.55. The number of hydrogen-bond acceptors (Lipinski definition) is 4. The molecule has 0 spiro atoms. The fourth-order valence-electron chi connectivity index (χ4n) is 2.54. The maximum atomic E-state index is 11.8. The molecule has 3 rings (SSSR count). The summed E-state index contributed by atoms with van der Waals surface area (Å²) in [6.45, 7) is 4.56. The highest BCUT2D eigenvalue weighted by Crippen LogP contribution is 2.32. The molecular formula is C19H18O4. The third-order valence-electron chi connectivity index (χ3n) is 3.47. The highest BCUT2D eigenvalue weighted by molar-refractivity contribution is 5.87. The van der Waals surface area contributed by atoms with E-state index in [1.807, 2.05) is 44.2 Å². The third-order valence-corrected chi connectivity index (χ3v) is 3.47. The van der Waals surface area contributed by atoms with Crippen molar-refractivity contribution in [3.63, 3.8) is 0 Å². The van der Waals surface area contributed by atoms with E-state index in [9.17, 15) is 4.79 Å². The van der Waals surface area contributed by atoms with E-state index in [-0.39, 0.29) is 19.4 Å². The number of ether oxygens (including phenoxy) is 3. The molecule has 0 saturated heterocycles. The van der Waals surface area contributed by atoms with Crippen molar-refractivity contribution in [2.45, 2.75) is 20.5 Å². The minimum Gasteiger partial charge on any atom is -0.458 e. The van der Waals surface area contributed by atoms with Crippen molar-refractivity contribution in [3.8, 4) is 11.5 Å². The number of rotatable bonds is 4. The van der Waals surface area contributed by atoms with E-state index < -0.39 is 0 Å². The molecule has 2 aromatic rings. The summed E-state index contributed by atoms with van der Waals surface area (Å²) in [6.07, 6.45) is 3.12. The predicted molar refractivity (Wildman–Crippen MR) is 87.3 cm³/mol. The Hall–Kier alpha value is -2.75. The van der Waals surface area contributed by atoms with Gasteiger partial charge < -0.3 is 14.2 Å². The smallest absolute Gasteiger partial charge is 0.331 e. The molecule has 0 fully saturated rings. The van der Waals surface area contributed by atoms with Crippen LogP contribution in [-0.2, 0) is 16.1 Å². The van der Waals surface area contributed by atoms with Crippen LogP contribution in [0, 0.1) is 13.8 Å². The fraction of sp³-hybridized carbons (Fsp3) is 0.211. The van der Waals surface area contributed by atoms with Crippen LogP contribution >= 0.6 is 0 Å². The molecule has 0 saturated carbocycles. The van der Waals surface area contributed by atoms with E-state index in [2.05, 4.69) is 6.07 Å². The molecule has 1 aliphatic rings. The number of fused-ring (bicyclic) bond motifs is 1. The van der Waals surface area contributed by atoms with Crippen LogP contribution in [0.4, 0.5) is 0 Å². The molecule has 2 aromatic carbocycles. The number of aryl methyl sites for hydroxylation is 2. The van der Waals surface area contributed by atoms with Gasteiger partial charge in [-0.15, -0.1) is 0 Å². The Morgan fingerprint density at radius 1 is 1.09 bits per heavy atom. The Labute approximate surface area is 135 Å². The molecule has 23 heavy (non-hydrogen) atoms. The van der Waals surface area contributed by atoms with Gasteiger partial charge in [-0.3, -0.25) is 0 Å². The predicted octanol–water partition coefficient (Wildman–Crippen LogP) is 3.79. The first-order chi connectivity index (χ1) is 11.1. The summed E-state index contributed by atoms with van der Waals surface area (Å²) in [6, 6.07) is 11.6. The molecule has 0 N–H and O–H groups in total. The highest BCUT2D eigenvalue weighted by Gasteiger charge is 2.12. The Morgan fingerprint density at radius 2 is 1.83 bits per heavy atom. The zero-order chi connectivity index (χ0) is 16.2. The zero-order valence-corrected chi connectivity index (χ0v) is 13.2. The van der Waals surface area contributed by atoms with Gasteiger partial charge in [0, 0.05) is 6.08 Å². The molecule has 0 atom stereocenters. The molecule has 0 amide bonds. The quantitative estimate of drug-likeness (QED) is 0.636. The first kappa shape index (κ1) is 15.2. The van der Waals surface area contributed by atoms with Crippen molar-refractivity contribution in [1.29, 1.82) is 0 Å². The van der Waals surface area contributed by atoms with Gasteiger partial charge in [0.15, 0.2) is 11.5 Å². The largest absolute Gasteiger partial charge is 0.458 e. The van der Waals surface area contributed by atoms with Gasteiger partial charge in [0.2, 0.25) is 6.79 Å². The van der Waals surface area contributed by atoms with Crippen molar-refractivity contribution < 1.29 is 19.0 Å². The van der Waals surface area contributed by atoms with E-state index in [1.165, 1.54) is 6.08 Å². The summed E-state index contributed by atoms with van der Waals surface area (Å²) in [5.74, 6) is 1.04. The van der Waals surface area contributed by atoms with Gasteiger partial charge in [0.05, 0.1) is 0 Å². The summed E-state index contributed by atoms with van der Waals surface area (Å²) in [4.78, 5) is 11.8. The number of esters is 1. The molecule has 0 aliphatic carbocycles. The number of benzene rings is 2. The van der Waals surface area contributed by atoms with Gasteiger partial charge in [0.1, 0.15) is 6.61 Å². The number of carbonyl (C=O) groups is 1. The molecule has 0 aromatic heterocycles. The second kappa shape index (κ2) is 6.57. The Morgan fingerprint density at radius 3 is 2.61 bits per heavy atom. The van der Waals surface area contributed by atoms with E-state index >= 15 is 0 Å². The Kier molecular flexibility index (Phi) is 4.33. The molecule has 0 bridgehead atoms. The molecular weight excluding hydrogens is 292 g/mol. The Bertz CT molecular complexity index is 742. The highest BCUT2D eigenvalue weighted by atomic mass is 16.7. The summed E-state index contributed by atoms with van der Waals surface area (Å²) in [5, 5.41) is 0. The van der Waals surface area contributed by atoms with Crippen LogP contribution in [0.15, 0.2) is 42.5 Å². The molecule has 0 unspecified atom stereocenters. The summed E-state index contributed by atoms with van der Waals surface area (Å²) >= 11 is 0. The van der Waals surface area contributed by atoms with Crippen molar-refractivity contribution in [1.82, 2.24) is 0 Å². The molecule has 1 aliphatic heterocycles. The summed E-state index contributed by atoms with van der Waals surface area (Å²) in [7, 11) is 0. The monoisotopic (exact) mass is 310 g/mol. The lowest BCUT2D eigenvalue weighted by Gasteiger charge is -2.05. The van der Waals surface area contributed by atoms with E-state index in [4.69, 9.17) is 14.2 Å². The first-order valence-electron chi connectivity index (χ1n) is 7.42. The maximum absolute atomic E-state index is 11.8. The minimum atomic E-state index is -0.373. The lowest BCUT2D eigenvalue weighted by Crippen LogP contribution is -2.01. The first-order valence-corrected chi connectivity index (χ1v) is 7.42. The normalized spacial score (nSPS) is 12.6. The average molecular weight is 310 g/mol. The molecule has 0 radical (unpaired) electrons. The second-order valence-corrected chi connectivity index (χ2v) is 5.55. The van der Waals surface area contributed by atoms with Crippen molar-refractivity contribution in [2.75, 3.05) is 6.79 Å². The van der Waals surface area contributed by atoms with Gasteiger partial charge in [0.25, 0.3) is 0 Å². The van der Waals surface area contributed by atoms with Crippen LogP contribution in [0.25, 0.3) is 6.08 Å². The van der Waals surface area contributed by atoms with Crippen LogP contribution in [-0.4, -0.2) is 12.8 Å². The third kappa shape index (κ3) is 3.92. The fourth-order valence-corrected chi connectivity index (χ4v) is 2.54. The van der Waals surface area contributed by atoms with Gasteiger partial charge in [-0.2, -0.15) is 0 Å². The van der Waals surface area contributed by atoms with Crippen molar-refractivity contribution in [3.05, 3.63) is 64.7 Å². The SMILES string of the molecule is Cc1cc(C)cc(COC(=O)/C=C/c2ccc3c(c2)OCO3)c1. The number of hydrogen-bond donors (Lipinski definition) is 0. The average Bonchev–Trinajstić information content (AvgIpc) is 2.97. The lowest BCUT2D eigenvalue weighted by atomic mass is 10.1.